The zero-order chi connectivity index (χ0) is 22.2. The van der Waals surface area contributed by atoms with E-state index in [4.69, 9.17) is 21.6 Å². The molecule has 0 bridgehead atoms. The minimum atomic E-state index is -3.43. The Kier molecular flexibility index (Phi) is 5.83. The summed E-state index contributed by atoms with van der Waals surface area (Å²) in [7, 11) is 1.45. The first-order chi connectivity index (χ1) is 14.0. The quantitative estimate of drug-likeness (QED) is 0.577. The summed E-state index contributed by atoms with van der Waals surface area (Å²) in [6.07, 6.45) is 1.17. The number of hydrogen-bond acceptors (Lipinski definition) is 5. The van der Waals surface area contributed by atoms with Gasteiger partial charge in [0.1, 0.15) is 5.75 Å². The van der Waals surface area contributed by atoms with Crippen molar-refractivity contribution in [2.45, 2.75) is 19.4 Å². The first-order valence-corrected chi connectivity index (χ1v) is 9.48. The molecule has 2 aromatic heterocycles. The third-order valence-electron chi connectivity index (χ3n) is 4.13. The zero-order valence-corrected chi connectivity index (χ0v) is 17.9. The number of rotatable bonds is 5. The molecule has 0 aliphatic heterocycles. The number of alkyl halides is 2. The number of aromatic nitrogens is 4. The molecule has 8 nitrogen and oxygen atoms in total. The molecule has 0 amide bonds. The second kappa shape index (κ2) is 8.04. The van der Waals surface area contributed by atoms with Gasteiger partial charge in [0.15, 0.2) is 5.82 Å². The molecule has 30 heavy (non-hydrogen) atoms. The maximum atomic E-state index is 14.3. The van der Waals surface area contributed by atoms with Crippen molar-refractivity contribution in [2.75, 3.05) is 0 Å². The van der Waals surface area contributed by atoms with Crippen LogP contribution >= 0.6 is 27.5 Å². The van der Waals surface area contributed by atoms with Crippen LogP contribution in [0.2, 0.25) is 5.02 Å². The molecule has 1 aromatic carbocycles. The van der Waals surface area contributed by atoms with Crippen LogP contribution in [0.5, 0.6) is 11.5 Å². The molecule has 0 atom stereocenters. The number of aromatic amines is 1. The number of nitrogens with zero attached hydrogens (tertiary/aromatic N) is 4. The maximum absolute atomic E-state index is 14.3. The number of pyridine rings is 1. The van der Waals surface area contributed by atoms with Crippen molar-refractivity contribution in [2.24, 2.45) is 7.05 Å². The summed E-state index contributed by atoms with van der Waals surface area (Å²) < 4.78 is 36.3. The molecule has 0 aliphatic carbocycles. The van der Waals surface area contributed by atoms with E-state index in [1.807, 2.05) is 6.07 Å². The van der Waals surface area contributed by atoms with Crippen molar-refractivity contribution < 1.29 is 13.5 Å². The molecule has 12 heteroatoms. The van der Waals surface area contributed by atoms with Crippen LogP contribution in [-0.2, 0) is 19.5 Å². The number of benzene rings is 1. The van der Waals surface area contributed by atoms with E-state index >= 15 is 0 Å². The van der Waals surface area contributed by atoms with Gasteiger partial charge in [-0.15, -0.1) is 0 Å². The van der Waals surface area contributed by atoms with Crippen molar-refractivity contribution in [3.8, 4) is 17.6 Å². The standard InChI is InChI=1S/C18H13BrClF2N5O3/c1-18(21,22)14-12(19)7-27(8-13-24-25-17(29)26(13)2)16(28)15(14)30-11-4-9(6-23)3-10(20)5-11/h3-5,7H,8H2,1-2H3,(H,25,29). The fourth-order valence-corrected chi connectivity index (χ4v) is 3.70. The molecule has 0 unspecified atom stereocenters. The van der Waals surface area contributed by atoms with E-state index in [0.717, 1.165) is 4.57 Å². The minimum absolute atomic E-state index is 0.0570. The van der Waals surface area contributed by atoms with Gasteiger partial charge in [0.05, 0.1) is 23.7 Å². The second-order valence-corrected chi connectivity index (χ2v) is 7.69. The Morgan fingerprint density at radius 2 is 2.07 bits per heavy atom. The Balaban J connectivity index is 2.18. The minimum Gasteiger partial charge on any atom is -0.451 e. The van der Waals surface area contributed by atoms with Crippen molar-refractivity contribution in [1.82, 2.24) is 19.3 Å². The second-order valence-electron chi connectivity index (χ2n) is 6.40. The molecular formula is C18H13BrClF2N5O3. The summed E-state index contributed by atoms with van der Waals surface area (Å²) in [6, 6.07) is 5.79. The predicted molar refractivity (Wildman–Crippen MR) is 107 cm³/mol. The molecular weight excluding hydrogens is 488 g/mol. The van der Waals surface area contributed by atoms with E-state index in [2.05, 4.69) is 26.1 Å². The molecule has 0 saturated carbocycles. The van der Waals surface area contributed by atoms with Gasteiger partial charge >= 0.3 is 5.69 Å². The summed E-state index contributed by atoms with van der Waals surface area (Å²) in [5.74, 6) is -3.94. The van der Waals surface area contributed by atoms with Gasteiger partial charge in [-0.2, -0.15) is 10.4 Å². The summed E-state index contributed by atoms with van der Waals surface area (Å²) in [6.45, 7) is 0.442. The molecule has 0 saturated heterocycles. The molecule has 3 aromatic rings. The number of hydrogen-bond donors (Lipinski definition) is 1. The van der Waals surface area contributed by atoms with Gasteiger partial charge in [-0.3, -0.25) is 9.36 Å². The van der Waals surface area contributed by atoms with Crippen molar-refractivity contribution >= 4 is 27.5 Å². The fraction of sp³-hybridized carbons (Fsp3) is 0.222. The van der Waals surface area contributed by atoms with E-state index < -0.39 is 28.5 Å². The van der Waals surface area contributed by atoms with Gasteiger partial charge in [-0.1, -0.05) is 11.6 Å². The van der Waals surface area contributed by atoms with Crippen molar-refractivity contribution in [3.05, 3.63) is 71.7 Å². The number of ether oxygens (including phenoxy) is 1. The molecule has 0 aliphatic rings. The van der Waals surface area contributed by atoms with Crippen LogP contribution in [0.15, 0.2) is 38.5 Å². The Hall–Kier alpha value is -2.97. The zero-order valence-electron chi connectivity index (χ0n) is 15.5. The molecule has 0 spiro atoms. The van der Waals surface area contributed by atoms with E-state index in [0.29, 0.717) is 6.92 Å². The maximum Gasteiger partial charge on any atom is 0.343 e. The lowest BCUT2D eigenvalue weighted by Gasteiger charge is -2.19. The van der Waals surface area contributed by atoms with Crippen LogP contribution in [0.1, 0.15) is 23.9 Å². The number of nitrogens with one attached hydrogen (secondary N) is 1. The number of H-pyrrole nitrogens is 1. The first kappa shape index (κ1) is 21.7. The summed E-state index contributed by atoms with van der Waals surface area (Å²) in [5, 5.41) is 15.3. The summed E-state index contributed by atoms with van der Waals surface area (Å²) in [5.41, 5.74) is -1.92. The van der Waals surface area contributed by atoms with Gasteiger partial charge in [0, 0.05) is 29.7 Å². The highest BCUT2D eigenvalue weighted by Crippen LogP contribution is 2.40. The Bertz CT molecular complexity index is 1290. The molecule has 0 radical (unpaired) electrons. The van der Waals surface area contributed by atoms with E-state index in [1.165, 1.54) is 36.0 Å². The lowest BCUT2D eigenvalue weighted by Crippen LogP contribution is -2.27. The lowest BCUT2D eigenvalue weighted by molar-refractivity contribution is 0.0143. The Labute approximate surface area is 181 Å². The van der Waals surface area contributed by atoms with Crippen molar-refractivity contribution in [1.29, 1.82) is 5.26 Å². The summed E-state index contributed by atoms with van der Waals surface area (Å²) in [4.78, 5) is 24.6. The van der Waals surface area contributed by atoms with Gasteiger partial charge in [0.2, 0.25) is 5.75 Å². The lowest BCUT2D eigenvalue weighted by atomic mass is 10.1. The predicted octanol–water partition coefficient (Wildman–Crippen LogP) is 3.51. The fourth-order valence-electron chi connectivity index (χ4n) is 2.70. The van der Waals surface area contributed by atoms with Crippen LogP contribution in [0, 0.1) is 11.3 Å². The SMILES string of the molecule is Cn1c(Cn2cc(Br)c(C(C)(F)F)c(Oc3cc(Cl)cc(C#N)c3)c2=O)n[nH]c1=O. The van der Waals surface area contributed by atoms with Crippen LogP contribution in [0.4, 0.5) is 8.78 Å². The normalized spacial score (nSPS) is 11.4. The smallest absolute Gasteiger partial charge is 0.343 e. The summed E-state index contributed by atoms with van der Waals surface area (Å²) >= 11 is 9.00. The first-order valence-electron chi connectivity index (χ1n) is 8.31. The topological polar surface area (TPSA) is 106 Å². The van der Waals surface area contributed by atoms with Crippen LogP contribution in [0.3, 0.4) is 0 Å². The van der Waals surface area contributed by atoms with Gasteiger partial charge < -0.3 is 9.30 Å². The Morgan fingerprint density at radius 1 is 1.37 bits per heavy atom. The number of halogens is 4. The molecule has 1 N–H and O–H groups in total. The third kappa shape index (κ3) is 4.29. The van der Waals surface area contributed by atoms with Gasteiger partial charge in [-0.25, -0.2) is 18.7 Å². The Morgan fingerprint density at radius 3 is 2.63 bits per heavy atom. The number of nitriles is 1. The third-order valence-corrected chi connectivity index (χ3v) is 4.95. The van der Waals surface area contributed by atoms with Crippen molar-refractivity contribution in [3.63, 3.8) is 0 Å². The average molecular weight is 501 g/mol. The van der Waals surface area contributed by atoms with E-state index in [-0.39, 0.29) is 33.2 Å². The van der Waals surface area contributed by atoms with Gasteiger partial charge in [0.25, 0.3) is 11.5 Å². The van der Waals surface area contributed by atoms with Crippen LogP contribution in [-0.4, -0.2) is 19.3 Å². The monoisotopic (exact) mass is 499 g/mol. The van der Waals surface area contributed by atoms with E-state index in [9.17, 15) is 18.4 Å². The van der Waals surface area contributed by atoms with E-state index in [1.54, 1.807) is 0 Å². The molecule has 2 heterocycles. The van der Waals surface area contributed by atoms with Gasteiger partial charge in [-0.05, 0) is 34.1 Å². The molecule has 0 fully saturated rings. The van der Waals surface area contributed by atoms with Crippen LogP contribution < -0.4 is 16.0 Å². The highest BCUT2D eigenvalue weighted by Gasteiger charge is 2.34. The van der Waals surface area contributed by atoms with Crippen LogP contribution in [0.25, 0.3) is 0 Å². The largest absolute Gasteiger partial charge is 0.451 e. The molecule has 156 valence electrons. The highest BCUT2D eigenvalue weighted by atomic mass is 79.9. The average Bonchev–Trinajstić information content (AvgIpc) is 2.96. The molecule has 3 rings (SSSR count). The highest BCUT2D eigenvalue weighted by molar-refractivity contribution is 9.10.